The van der Waals surface area contributed by atoms with Crippen molar-refractivity contribution in [2.75, 3.05) is 13.2 Å². The molecule has 0 amide bonds. The lowest BCUT2D eigenvalue weighted by Gasteiger charge is -2.04. The first-order valence-corrected chi connectivity index (χ1v) is 4.74. The van der Waals surface area contributed by atoms with Crippen LogP contribution in [0.5, 0.6) is 5.75 Å². The van der Waals surface area contributed by atoms with Crippen molar-refractivity contribution in [3.8, 4) is 5.75 Å². The van der Waals surface area contributed by atoms with Gasteiger partial charge in [0.05, 0.1) is 11.1 Å². The van der Waals surface area contributed by atoms with E-state index in [4.69, 9.17) is 9.47 Å². The molecule has 0 spiro atoms. The number of hydrogen-bond donors (Lipinski definition) is 0. The third-order valence-corrected chi connectivity index (χ3v) is 2.34. The van der Waals surface area contributed by atoms with Crippen molar-refractivity contribution in [3.63, 3.8) is 0 Å². The van der Waals surface area contributed by atoms with E-state index < -0.39 is 0 Å². The summed E-state index contributed by atoms with van der Waals surface area (Å²) in [5.41, 5.74) is 0. The summed E-state index contributed by atoms with van der Waals surface area (Å²) in [6.07, 6.45) is 0.226. The molecule has 1 heterocycles. The van der Waals surface area contributed by atoms with Crippen LogP contribution in [0.2, 0.25) is 0 Å². The van der Waals surface area contributed by atoms with E-state index in [0.717, 1.165) is 6.61 Å². The molecule has 0 bridgehead atoms. The summed E-state index contributed by atoms with van der Waals surface area (Å²) in [6.45, 7) is 1.31. The first-order chi connectivity index (χ1) is 6.25. The minimum atomic E-state index is -0.282. The van der Waals surface area contributed by atoms with Crippen LogP contribution in [0, 0.1) is 5.82 Å². The fraction of sp³-hybridized carbons (Fsp3) is 0.333. The Labute approximate surface area is 83.8 Å². The highest BCUT2D eigenvalue weighted by atomic mass is 79.9. The molecule has 0 saturated carbocycles. The van der Waals surface area contributed by atoms with Gasteiger partial charge in [-0.05, 0) is 34.1 Å². The molecule has 1 aromatic carbocycles. The number of hydrogen-bond acceptors (Lipinski definition) is 2. The standard InChI is InChI=1S/C9H8BrFO2/c10-8-3-6(1-2-9(8)11)12-4-7-5-13-7/h1-3,7H,4-5H2. The maximum Gasteiger partial charge on any atom is 0.137 e. The molecule has 13 heavy (non-hydrogen) atoms. The lowest BCUT2D eigenvalue weighted by atomic mass is 10.3. The zero-order valence-corrected chi connectivity index (χ0v) is 8.38. The number of benzene rings is 1. The van der Waals surface area contributed by atoms with Crippen LogP contribution in [-0.4, -0.2) is 19.3 Å². The van der Waals surface area contributed by atoms with Gasteiger partial charge >= 0.3 is 0 Å². The van der Waals surface area contributed by atoms with Crippen LogP contribution in [-0.2, 0) is 4.74 Å². The number of ether oxygens (including phenoxy) is 2. The van der Waals surface area contributed by atoms with Gasteiger partial charge in [0.25, 0.3) is 0 Å². The summed E-state index contributed by atoms with van der Waals surface area (Å²) in [5, 5.41) is 0. The summed E-state index contributed by atoms with van der Waals surface area (Å²) >= 11 is 3.08. The van der Waals surface area contributed by atoms with Crippen molar-refractivity contribution in [1.82, 2.24) is 0 Å². The van der Waals surface area contributed by atoms with Crippen molar-refractivity contribution in [1.29, 1.82) is 0 Å². The van der Waals surface area contributed by atoms with Crippen LogP contribution < -0.4 is 4.74 Å². The molecule has 0 aliphatic carbocycles. The molecular formula is C9H8BrFO2. The van der Waals surface area contributed by atoms with Crippen LogP contribution in [0.25, 0.3) is 0 Å². The molecule has 1 atom stereocenters. The molecule has 2 nitrogen and oxygen atoms in total. The minimum absolute atomic E-state index is 0.226. The van der Waals surface area contributed by atoms with E-state index in [-0.39, 0.29) is 11.9 Å². The molecule has 1 aromatic rings. The normalized spacial score (nSPS) is 20.0. The molecule has 1 aliphatic rings. The zero-order valence-electron chi connectivity index (χ0n) is 6.80. The molecule has 4 heteroatoms. The molecule has 1 fully saturated rings. The molecule has 70 valence electrons. The predicted octanol–water partition coefficient (Wildman–Crippen LogP) is 2.37. The zero-order chi connectivity index (χ0) is 9.26. The number of halogens is 2. The minimum Gasteiger partial charge on any atom is -0.491 e. The quantitative estimate of drug-likeness (QED) is 0.765. The highest BCUT2D eigenvalue weighted by Gasteiger charge is 2.23. The highest BCUT2D eigenvalue weighted by Crippen LogP contribution is 2.22. The van der Waals surface area contributed by atoms with Crippen molar-refractivity contribution >= 4 is 15.9 Å². The maximum absolute atomic E-state index is 12.8. The van der Waals surface area contributed by atoms with Gasteiger partial charge in [0.2, 0.25) is 0 Å². The summed E-state index contributed by atoms with van der Waals surface area (Å²) in [4.78, 5) is 0. The van der Waals surface area contributed by atoms with Crippen LogP contribution in [0.3, 0.4) is 0 Å². The molecule has 1 saturated heterocycles. The molecule has 0 radical (unpaired) electrons. The Morgan fingerprint density at radius 2 is 2.38 bits per heavy atom. The highest BCUT2D eigenvalue weighted by molar-refractivity contribution is 9.10. The summed E-state index contributed by atoms with van der Waals surface area (Å²) in [5.74, 6) is 0.374. The van der Waals surface area contributed by atoms with E-state index in [1.54, 1.807) is 12.1 Å². The van der Waals surface area contributed by atoms with E-state index in [9.17, 15) is 4.39 Å². The molecular weight excluding hydrogens is 239 g/mol. The lowest BCUT2D eigenvalue weighted by Crippen LogP contribution is -2.03. The Morgan fingerprint density at radius 1 is 1.62 bits per heavy atom. The predicted molar refractivity (Wildman–Crippen MR) is 49.3 cm³/mol. The summed E-state index contributed by atoms with van der Waals surface area (Å²) in [7, 11) is 0. The molecule has 2 rings (SSSR count). The van der Waals surface area contributed by atoms with Crippen LogP contribution >= 0.6 is 15.9 Å². The van der Waals surface area contributed by atoms with E-state index in [1.807, 2.05) is 0 Å². The SMILES string of the molecule is Fc1ccc(OCC2CO2)cc1Br. The Hall–Kier alpha value is -0.610. The average Bonchev–Trinajstić information content (AvgIpc) is 2.91. The molecule has 0 N–H and O–H groups in total. The molecule has 1 unspecified atom stereocenters. The smallest absolute Gasteiger partial charge is 0.137 e. The van der Waals surface area contributed by atoms with Crippen LogP contribution in [0.15, 0.2) is 22.7 Å². The monoisotopic (exact) mass is 246 g/mol. The Morgan fingerprint density at radius 3 is 3.00 bits per heavy atom. The van der Waals surface area contributed by atoms with Gasteiger partial charge in [-0.25, -0.2) is 4.39 Å². The fourth-order valence-electron chi connectivity index (χ4n) is 0.920. The molecule has 0 aromatic heterocycles. The summed E-state index contributed by atoms with van der Waals surface area (Å²) < 4.78 is 23.5. The van der Waals surface area contributed by atoms with Gasteiger partial charge in [-0.2, -0.15) is 0 Å². The van der Waals surface area contributed by atoms with Gasteiger partial charge in [-0.15, -0.1) is 0 Å². The van der Waals surface area contributed by atoms with Gasteiger partial charge < -0.3 is 9.47 Å². The summed E-state index contributed by atoms with van der Waals surface area (Å²) in [6, 6.07) is 4.58. The first kappa shape index (κ1) is 8.97. The van der Waals surface area contributed by atoms with Gasteiger partial charge in [0.15, 0.2) is 0 Å². The lowest BCUT2D eigenvalue weighted by molar-refractivity contribution is 0.262. The third kappa shape index (κ3) is 2.42. The second-order valence-electron chi connectivity index (χ2n) is 2.84. The van der Waals surface area contributed by atoms with Gasteiger partial charge in [0, 0.05) is 0 Å². The van der Waals surface area contributed by atoms with E-state index in [1.165, 1.54) is 6.07 Å². The first-order valence-electron chi connectivity index (χ1n) is 3.95. The van der Waals surface area contributed by atoms with Crippen molar-refractivity contribution in [3.05, 3.63) is 28.5 Å². The fourth-order valence-corrected chi connectivity index (χ4v) is 1.28. The van der Waals surface area contributed by atoms with E-state index >= 15 is 0 Å². The van der Waals surface area contributed by atoms with Crippen LogP contribution in [0.4, 0.5) is 4.39 Å². The van der Waals surface area contributed by atoms with Crippen LogP contribution in [0.1, 0.15) is 0 Å². The van der Waals surface area contributed by atoms with Crippen molar-refractivity contribution in [2.45, 2.75) is 6.10 Å². The number of rotatable bonds is 3. The van der Waals surface area contributed by atoms with Crippen molar-refractivity contribution < 1.29 is 13.9 Å². The van der Waals surface area contributed by atoms with Gasteiger partial charge in [-0.3, -0.25) is 0 Å². The largest absolute Gasteiger partial charge is 0.491 e. The third-order valence-electron chi connectivity index (χ3n) is 1.73. The van der Waals surface area contributed by atoms with Gasteiger partial charge in [-0.1, -0.05) is 0 Å². The van der Waals surface area contributed by atoms with E-state index in [0.29, 0.717) is 16.8 Å². The van der Waals surface area contributed by atoms with Gasteiger partial charge in [0.1, 0.15) is 24.3 Å². The second-order valence-corrected chi connectivity index (χ2v) is 3.70. The Kier molecular flexibility index (Phi) is 2.51. The molecule has 1 aliphatic heterocycles. The Bertz CT molecular complexity index is 312. The maximum atomic E-state index is 12.8. The van der Waals surface area contributed by atoms with Crippen molar-refractivity contribution in [2.24, 2.45) is 0 Å². The Balaban J connectivity index is 1.98. The topological polar surface area (TPSA) is 21.8 Å². The average molecular weight is 247 g/mol. The second kappa shape index (κ2) is 3.64. The number of epoxide rings is 1. The van der Waals surface area contributed by atoms with E-state index in [2.05, 4.69) is 15.9 Å².